The van der Waals surface area contributed by atoms with Crippen LogP contribution in [0.15, 0.2) is 6.07 Å². The van der Waals surface area contributed by atoms with Gasteiger partial charge >= 0.3 is 5.97 Å². The van der Waals surface area contributed by atoms with Crippen molar-refractivity contribution in [3.05, 3.63) is 22.7 Å². The first-order valence-corrected chi connectivity index (χ1v) is 4.78. The SMILES string of the molecule is CCc1nc(Cl)c2cc(C(=O)O)[nH]c2n1. The standard InChI is InChI=1S/C9H8ClN3O2/c1-2-6-12-7(10)4-3-5(9(14)15)11-8(4)13-6/h3H,2H2,1H3,(H,14,15)(H,11,12,13). The van der Waals surface area contributed by atoms with Crippen LogP contribution >= 0.6 is 11.6 Å². The molecule has 0 saturated carbocycles. The first-order chi connectivity index (χ1) is 7.11. The topological polar surface area (TPSA) is 78.9 Å². The zero-order valence-electron chi connectivity index (χ0n) is 7.91. The summed E-state index contributed by atoms with van der Waals surface area (Å²) in [5, 5.41) is 9.59. The first-order valence-electron chi connectivity index (χ1n) is 4.40. The lowest BCUT2D eigenvalue weighted by Crippen LogP contribution is -1.95. The Bertz CT molecular complexity index is 535. The number of nitrogens with zero attached hydrogens (tertiary/aromatic N) is 2. The number of H-pyrrole nitrogens is 1. The van der Waals surface area contributed by atoms with Crippen molar-refractivity contribution >= 4 is 28.6 Å². The Balaban J connectivity index is 2.69. The van der Waals surface area contributed by atoms with Crippen LogP contribution in [-0.4, -0.2) is 26.0 Å². The number of halogens is 1. The molecule has 0 aromatic carbocycles. The van der Waals surface area contributed by atoms with E-state index in [2.05, 4.69) is 15.0 Å². The van der Waals surface area contributed by atoms with E-state index in [4.69, 9.17) is 16.7 Å². The van der Waals surface area contributed by atoms with E-state index in [1.165, 1.54) is 6.07 Å². The largest absolute Gasteiger partial charge is 0.477 e. The van der Waals surface area contributed by atoms with Gasteiger partial charge < -0.3 is 10.1 Å². The van der Waals surface area contributed by atoms with Gasteiger partial charge in [0.15, 0.2) is 0 Å². The molecule has 0 spiro atoms. The lowest BCUT2D eigenvalue weighted by Gasteiger charge is -1.96. The smallest absolute Gasteiger partial charge is 0.352 e. The highest BCUT2D eigenvalue weighted by Crippen LogP contribution is 2.21. The Hall–Kier alpha value is -1.62. The minimum atomic E-state index is -1.04. The maximum absolute atomic E-state index is 10.7. The van der Waals surface area contributed by atoms with Gasteiger partial charge in [-0.1, -0.05) is 18.5 Å². The summed E-state index contributed by atoms with van der Waals surface area (Å²) in [4.78, 5) is 21.6. The van der Waals surface area contributed by atoms with Gasteiger partial charge in [0.2, 0.25) is 0 Å². The van der Waals surface area contributed by atoms with E-state index in [0.717, 1.165) is 0 Å². The van der Waals surface area contributed by atoms with Crippen molar-refractivity contribution in [2.75, 3.05) is 0 Å². The number of hydrogen-bond acceptors (Lipinski definition) is 3. The Morgan fingerprint density at radius 3 is 2.93 bits per heavy atom. The normalized spacial score (nSPS) is 10.8. The number of aromatic nitrogens is 3. The zero-order chi connectivity index (χ0) is 11.0. The number of carboxylic acids is 1. The van der Waals surface area contributed by atoms with Gasteiger partial charge in [-0.2, -0.15) is 0 Å². The molecule has 0 aliphatic carbocycles. The average molecular weight is 226 g/mol. The molecule has 0 amide bonds. The van der Waals surface area contributed by atoms with Crippen molar-refractivity contribution in [2.45, 2.75) is 13.3 Å². The molecule has 2 N–H and O–H groups in total. The molecule has 0 fully saturated rings. The van der Waals surface area contributed by atoms with E-state index in [-0.39, 0.29) is 10.8 Å². The van der Waals surface area contributed by atoms with Crippen LogP contribution in [0.5, 0.6) is 0 Å². The van der Waals surface area contributed by atoms with E-state index in [1.807, 2.05) is 6.92 Å². The molecule has 0 atom stereocenters. The van der Waals surface area contributed by atoms with Crippen LogP contribution in [0.4, 0.5) is 0 Å². The fourth-order valence-corrected chi connectivity index (χ4v) is 1.53. The third-order valence-electron chi connectivity index (χ3n) is 2.03. The van der Waals surface area contributed by atoms with Gasteiger partial charge in [0.1, 0.15) is 22.3 Å². The first kappa shape index (κ1) is 9.92. The number of carbonyl (C=O) groups is 1. The van der Waals surface area contributed by atoms with Gasteiger partial charge in [0, 0.05) is 6.42 Å². The number of carboxylic acid groups (broad SMARTS) is 1. The number of aryl methyl sites for hydroxylation is 1. The summed E-state index contributed by atoms with van der Waals surface area (Å²) in [6, 6.07) is 1.43. The highest BCUT2D eigenvalue weighted by molar-refractivity contribution is 6.34. The number of aromatic carboxylic acids is 1. The van der Waals surface area contributed by atoms with Crippen LogP contribution in [0.2, 0.25) is 5.15 Å². The molecule has 78 valence electrons. The monoisotopic (exact) mass is 225 g/mol. The number of hydrogen-bond donors (Lipinski definition) is 2. The Labute approximate surface area is 90.1 Å². The van der Waals surface area contributed by atoms with Gasteiger partial charge in [-0.15, -0.1) is 0 Å². The van der Waals surface area contributed by atoms with Crippen LogP contribution in [0.3, 0.4) is 0 Å². The molecule has 2 aromatic rings. The average Bonchev–Trinajstić information content (AvgIpc) is 2.61. The van der Waals surface area contributed by atoms with E-state index < -0.39 is 5.97 Å². The fourth-order valence-electron chi connectivity index (χ4n) is 1.29. The lowest BCUT2D eigenvalue weighted by molar-refractivity contribution is 0.0691. The van der Waals surface area contributed by atoms with Crippen LogP contribution in [-0.2, 0) is 6.42 Å². The summed E-state index contributed by atoms with van der Waals surface area (Å²) in [6.45, 7) is 1.90. The van der Waals surface area contributed by atoms with Crippen LogP contribution in [0.1, 0.15) is 23.2 Å². The van der Waals surface area contributed by atoms with E-state index in [9.17, 15) is 4.79 Å². The molecular formula is C9H8ClN3O2. The number of fused-ring (bicyclic) bond motifs is 1. The second kappa shape index (κ2) is 3.51. The van der Waals surface area contributed by atoms with Crippen molar-refractivity contribution in [1.29, 1.82) is 0 Å². The molecule has 15 heavy (non-hydrogen) atoms. The maximum atomic E-state index is 10.7. The minimum absolute atomic E-state index is 0.0643. The van der Waals surface area contributed by atoms with Gasteiger partial charge in [-0.3, -0.25) is 0 Å². The summed E-state index contributed by atoms with van der Waals surface area (Å²) in [7, 11) is 0. The molecule has 0 unspecified atom stereocenters. The second-order valence-electron chi connectivity index (χ2n) is 3.03. The highest BCUT2D eigenvalue weighted by atomic mass is 35.5. The zero-order valence-corrected chi connectivity index (χ0v) is 8.67. The third-order valence-corrected chi connectivity index (χ3v) is 2.32. The van der Waals surface area contributed by atoms with Crippen molar-refractivity contribution in [3.63, 3.8) is 0 Å². The summed E-state index contributed by atoms with van der Waals surface area (Å²) in [6.07, 6.45) is 0.650. The molecule has 6 heteroatoms. The quantitative estimate of drug-likeness (QED) is 0.765. The van der Waals surface area contributed by atoms with Gasteiger partial charge in [-0.05, 0) is 6.07 Å². The summed E-state index contributed by atoms with van der Waals surface area (Å²) in [5.41, 5.74) is 0.527. The third kappa shape index (κ3) is 1.66. The fraction of sp³-hybridized carbons (Fsp3) is 0.222. The number of rotatable bonds is 2. The predicted molar refractivity (Wildman–Crippen MR) is 55.2 cm³/mol. The van der Waals surface area contributed by atoms with Crippen molar-refractivity contribution in [3.8, 4) is 0 Å². The van der Waals surface area contributed by atoms with Gasteiger partial charge in [0.25, 0.3) is 0 Å². The molecule has 0 saturated heterocycles. The van der Waals surface area contributed by atoms with Gasteiger partial charge in [-0.25, -0.2) is 14.8 Å². The molecule has 0 aliphatic rings. The minimum Gasteiger partial charge on any atom is -0.477 e. The van der Waals surface area contributed by atoms with Gasteiger partial charge in [0.05, 0.1) is 5.39 Å². The lowest BCUT2D eigenvalue weighted by atomic mass is 10.3. The predicted octanol–water partition coefficient (Wildman–Crippen LogP) is 1.87. The summed E-state index contributed by atoms with van der Waals surface area (Å²) >= 11 is 5.89. The Morgan fingerprint density at radius 1 is 1.60 bits per heavy atom. The number of nitrogens with one attached hydrogen (secondary N) is 1. The Kier molecular flexibility index (Phi) is 2.32. The molecule has 2 heterocycles. The maximum Gasteiger partial charge on any atom is 0.352 e. The molecule has 5 nitrogen and oxygen atoms in total. The van der Waals surface area contributed by atoms with Crippen LogP contribution in [0.25, 0.3) is 11.0 Å². The van der Waals surface area contributed by atoms with E-state index >= 15 is 0 Å². The van der Waals surface area contributed by atoms with Crippen LogP contribution < -0.4 is 0 Å². The molecule has 2 rings (SSSR count). The van der Waals surface area contributed by atoms with Crippen LogP contribution in [0, 0.1) is 0 Å². The van der Waals surface area contributed by atoms with Crippen molar-refractivity contribution in [2.24, 2.45) is 0 Å². The van der Waals surface area contributed by atoms with E-state index in [1.54, 1.807) is 0 Å². The van der Waals surface area contributed by atoms with Crippen molar-refractivity contribution in [1.82, 2.24) is 15.0 Å². The molecular weight excluding hydrogens is 218 g/mol. The highest BCUT2D eigenvalue weighted by Gasteiger charge is 2.12. The summed E-state index contributed by atoms with van der Waals surface area (Å²) < 4.78 is 0. The van der Waals surface area contributed by atoms with E-state index in [0.29, 0.717) is 23.3 Å². The number of aromatic amines is 1. The van der Waals surface area contributed by atoms with Crippen molar-refractivity contribution < 1.29 is 9.90 Å². The molecule has 0 bridgehead atoms. The molecule has 2 aromatic heterocycles. The molecule has 0 radical (unpaired) electrons. The molecule has 0 aliphatic heterocycles. The summed E-state index contributed by atoms with van der Waals surface area (Å²) in [5.74, 6) is -0.451. The Morgan fingerprint density at radius 2 is 2.33 bits per heavy atom. The second-order valence-corrected chi connectivity index (χ2v) is 3.39.